The monoisotopic (exact) mass is 276 g/mol. The molecule has 114 valence electrons. The van der Waals surface area contributed by atoms with Crippen molar-refractivity contribution in [1.29, 1.82) is 0 Å². The second-order valence-corrected chi connectivity index (χ2v) is 6.04. The second kappa shape index (κ2) is 7.80. The number of hydrogen-bond donors (Lipinski definition) is 1. The average molecular weight is 276 g/mol. The summed E-state index contributed by atoms with van der Waals surface area (Å²) in [4.78, 5) is 2.54. The Morgan fingerprint density at radius 2 is 1.50 bits per heavy atom. The Morgan fingerprint density at radius 3 is 1.90 bits per heavy atom. The average Bonchev–Trinajstić information content (AvgIpc) is 2.46. The topological polar surface area (TPSA) is 15.3 Å². The van der Waals surface area contributed by atoms with E-state index in [0.29, 0.717) is 6.04 Å². The number of nitrogens with zero attached hydrogens (tertiary/aromatic N) is 1. The summed E-state index contributed by atoms with van der Waals surface area (Å²) >= 11 is 0. The van der Waals surface area contributed by atoms with Gasteiger partial charge in [-0.2, -0.15) is 0 Å². The SMILES string of the molecule is CCc1ccc(CC(NC)C(C)(C)N(CC)CC)cc1. The van der Waals surface area contributed by atoms with Gasteiger partial charge in [0, 0.05) is 11.6 Å². The Bertz CT molecular complexity index is 377. The van der Waals surface area contributed by atoms with Crippen LogP contribution in [0.2, 0.25) is 0 Å². The van der Waals surface area contributed by atoms with E-state index >= 15 is 0 Å². The molecule has 1 aromatic carbocycles. The molecule has 0 saturated carbocycles. The Hall–Kier alpha value is -0.860. The first kappa shape index (κ1) is 17.2. The van der Waals surface area contributed by atoms with E-state index in [-0.39, 0.29) is 5.54 Å². The molecule has 0 heterocycles. The quantitative estimate of drug-likeness (QED) is 0.782. The largest absolute Gasteiger partial charge is 0.315 e. The summed E-state index contributed by atoms with van der Waals surface area (Å²) in [5, 5.41) is 3.53. The zero-order chi connectivity index (χ0) is 15.2. The number of aryl methyl sites for hydroxylation is 1. The zero-order valence-electron chi connectivity index (χ0n) is 14.2. The molecule has 1 aromatic rings. The first-order chi connectivity index (χ1) is 9.49. The molecule has 0 spiro atoms. The van der Waals surface area contributed by atoms with E-state index in [1.165, 1.54) is 11.1 Å². The molecule has 1 atom stereocenters. The molecule has 1 N–H and O–H groups in total. The summed E-state index contributed by atoms with van der Waals surface area (Å²) in [5.41, 5.74) is 2.99. The van der Waals surface area contributed by atoms with E-state index in [1.807, 2.05) is 0 Å². The molecule has 0 aromatic heterocycles. The van der Waals surface area contributed by atoms with Gasteiger partial charge in [-0.3, -0.25) is 4.90 Å². The molecule has 1 unspecified atom stereocenters. The van der Waals surface area contributed by atoms with Gasteiger partial charge in [0.25, 0.3) is 0 Å². The van der Waals surface area contributed by atoms with Crippen LogP contribution in [-0.2, 0) is 12.8 Å². The molecule has 0 bridgehead atoms. The van der Waals surface area contributed by atoms with Gasteiger partial charge in [-0.15, -0.1) is 0 Å². The summed E-state index contributed by atoms with van der Waals surface area (Å²) in [6.45, 7) is 13.6. The number of benzene rings is 1. The lowest BCUT2D eigenvalue weighted by atomic mass is 9.87. The van der Waals surface area contributed by atoms with E-state index in [1.54, 1.807) is 0 Å². The van der Waals surface area contributed by atoms with Crippen LogP contribution in [0.1, 0.15) is 45.7 Å². The Labute approximate surface area is 125 Å². The number of likely N-dealkylation sites (N-methyl/N-ethyl adjacent to an activating group) is 2. The smallest absolute Gasteiger partial charge is 0.0309 e. The van der Waals surface area contributed by atoms with Gasteiger partial charge in [0.1, 0.15) is 0 Å². The normalized spacial score (nSPS) is 13.8. The van der Waals surface area contributed by atoms with Gasteiger partial charge < -0.3 is 5.32 Å². The Morgan fingerprint density at radius 1 is 1.00 bits per heavy atom. The highest BCUT2D eigenvalue weighted by molar-refractivity contribution is 5.23. The molecule has 0 radical (unpaired) electrons. The van der Waals surface area contributed by atoms with E-state index in [9.17, 15) is 0 Å². The number of hydrogen-bond acceptors (Lipinski definition) is 2. The molecule has 0 aliphatic carbocycles. The first-order valence-corrected chi connectivity index (χ1v) is 7.99. The molecule has 1 rings (SSSR count). The molecular weight excluding hydrogens is 244 g/mol. The third kappa shape index (κ3) is 4.07. The van der Waals surface area contributed by atoms with E-state index in [2.05, 4.69) is 76.1 Å². The van der Waals surface area contributed by atoms with Gasteiger partial charge in [-0.25, -0.2) is 0 Å². The first-order valence-electron chi connectivity index (χ1n) is 7.99. The van der Waals surface area contributed by atoms with Crippen LogP contribution < -0.4 is 5.32 Å². The van der Waals surface area contributed by atoms with Gasteiger partial charge in [-0.05, 0) is 58.0 Å². The highest BCUT2D eigenvalue weighted by atomic mass is 15.2. The maximum absolute atomic E-state index is 3.53. The standard InChI is InChI=1S/C18H32N2/c1-7-15-10-12-16(13-11-15)14-17(19-6)18(4,5)20(8-2)9-3/h10-13,17,19H,7-9,14H2,1-6H3. The predicted molar refractivity (Wildman–Crippen MR) is 89.4 cm³/mol. The van der Waals surface area contributed by atoms with Crippen molar-refractivity contribution in [3.05, 3.63) is 35.4 Å². The van der Waals surface area contributed by atoms with Crippen LogP contribution in [0.15, 0.2) is 24.3 Å². The lowest BCUT2D eigenvalue weighted by Gasteiger charge is -2.43. The van der Waals surface area contributed by atoms with Crippen LogP contribution in [-0.4, -0.2) is 36.6 Å². The van der Waals surface area contributed by atoms with Gasteiger partial charge >= 0.3 is 0 Å². The van der Waals surface area contributed by atoms with Crippen molar-refractivity contribution < 1.29 is 0 Å². The summed E-state index contributed by atoms with van der Waals surface area (Å²) in [6.07, 6.45) is 2.19. The molecule has 0 fully saturated rings. The summed E-state index contributed by atoms with van der Waals surface area (Å²) in [6, 6.07) is 9.52. The van der Waals surface area contributed by atoms with Gasteiger partial charge in [0.15, 0.2) is 0 Å². The minimum atomic E-state index is 0.154. The van der Waals surface area contributed by atoms with E-state index in [4.69, 9.17) is 0 Å². The highest BCUT2D eigenvalue weighted by Crippen LogP contribution is 2.22. The van der Waals surface area contributed by atoms with Crippen molar-refractivity contribution in [3.8, 4) is 0 Å². The molecular formula is C18H32N2. The van der Waals surface area contributed by atoms with Crippen molar-refractivity contribution in [3.63, 3.8) is 0 Å². The van der Waals surface area contributed by atoms with Crippen LogP contribution in [0.5, 0.6) is 0 Å². The summed E-state index contributed by atoms with van der Waals surface area (Å²) in [5.74, 6) is 0. The molecule has 20 heavy (non-hydrogen) atoms. The molecule has 0 amide bonds. The lowest BCUT2D eigenvalue weighted by Crippen LogP contribution is -2.57. The Kier molecular flexibility index (Phi) is 6.70. The maximum Gasteiger partial charge on any atom is 0.0309 e. The third-order valence-corrected chi connectivity index (χ3v) is 4.65. The van der Waals surface area contributed by atoms with Gasteiger partial charge in [0.05, 0.1) is 0 Å². The minimum absolute atomic E-state index is 0.154. The minimum Gasteiger partial charge on any atom is -0.315 e. The summed E-state index contributed by atoms with van der Waals surface area (Å²) in [7, 11) is 2.08. The van der Waals surface area contributed by atoms with Crippen LogP contribution in [0.25, 0.3) is 0 Å². The molecule has 0 saturated heterocycles. The van der Waals surface area contributed by atoms with Crippen molar-refractivity contribution in [2.75, 3.05) is 20.1 Å². The number of rotatable bonds is 8. The third-order valence-electron chi connectivity index (χ3n) is 4.65. The van der Waals surface area contributed by atoms with Crippen molar-refractivity contribution >= 4 is 0 Å². The summed E-state index contributed by atoms with van der Waals surface area (Å²) < 4.78 is 0. The molecule has 0 aliphatic heterocycles. The Balaban J connectivity index is 2.84. The highest BCUT2D eigenvalue weighted by Gasteiger charge is 2.32. The zero-order valence-corrected chi connectivity index (χ0v) is 14.2. The van der Waals surface area contributed by atoms with Crippen LogP contribution in [0.4, 0.5) is 0 Å². The molecule has 2 nitrogen and oxygen atoms in total. The van der Waals surface area contributed by atoms with Crippen LogP contribution in [0, 0.1) is 0 Å². The van der Waals surface area contributed by atoms with Crippen molar-refractivity contribution in [2.45, 2.75) is 59.0 Å². The fourth-order valence-corrected chi connectivity index (χ4v) is 3.11. The van der Waals surface area contributed by atoms with E-state index < -0.39 is 0 Å². The van der Waals surface area contributed by atoms with Crippen LogP contribution >= 0.6 is 0 Å². The maximum atomic E-state index is 3.53. The van der Waals surface area contributed by atoms with Crippen molar-refractivity contribution in [2.24, 2.45) is 0 Å². The lowest BCUT2D eigenvalue weighted by molar-refractivity contribution is 0.0944. The van der Waals surface area contributed by atoms with E-state index in [0.717, 1.165) is 25.9 Å². The fourth-order valence-electron chi connectivity index (χ4n) is 3.11. The van der Waals surface area contributed by atoms with Gasteiger partial charge in [0.2, 0.25) is 0 Å². The van der Waals surface area contributed by atoms with Crippen molar-refractivity contribution in [1.82, 2.24) is 10.2 Å². The second-order valence-electron chi connectivity index (χ2n) is 6.04. The fraction of sp³-hybridized carbons (Fsp3) is 0.667. The van der Waals surface area contributed by atoms with Gasteiger partial charge in [-0.1, -0.05) is 45.0 Å². The molecule has 0 aliphatic rings. The molecule has 2 heteroatoms. The predicted octanol–water partition coefficient (Wildman–Crippen LogP) is 3.50. The van der Waals surface area contributed by atoms with Crippen LogP contribution in [0.3, 0.4) is 0 Å². The number of nitrogens with one attached hydrogen (secondary N) is 1.